The van der Waals surface area contributed by atoms with Crippen molar-refractivity contribution >= 4 is 11.6 Å². The van der Waals surface area contributed by atoms with Crippen LogP contribution in [0.3, 0.4) is 0 Å². The lowest BCUT2D eigenvalue weighted by atomic mass is 10.1. The zero-order valence-electron chi connectivity index (χ0n) is 6.30. The molecule has 2 N–H and O–H groups in total. The predicted octanol–water partition coefficient (Wildman–Crippen LogP) is 1.58. The fraction of sp³-hybridized carbons (Fsp3) is 0.143. The first-order valence-electron chi connectivity index (χ1n) is 3.38. The molecule has 0 aromatic heterocycles. The van der Waals surface area contributed by atoms with Gasteiger partial charge in [0.05, 0.1) is 11.3 Å². The minimum Gasteiger partial charge on any atom is -0.493 e. The molecule has 0 atom stereocenters. The molecule has 5 heteroatoms. The SMILES string of the molecule is Cc1n[nH]c(O)c2c(Cl)ncc1-2. The van der Waals surface area contributed by atoms with Crippen molar-refractivity contribution in [2.75, 3.05) is 0 Å². The normalized spacial score (nSPS) is 10.8. The molecule has 12 heavy (non-hydrogen) atoms. The second-order valence-corrected chi connectivity index (χ2v) is 2.85. The third kappa shape index (κ3) is 0.848. The monoisotopic (exact) mass is 183 g/mol. The molecule has 0 amide bonds. The average molecular weight is 184 g/mol. The Balaban J connectivity index is 2.84. The van der Waals surface area contributed by atoms with Crippen LogP contribution in [0, 0.1) is 6.92 Å². The van der Waals surface area contributed by atoms with Crippen LogP contribution in [-0.4, -0.2) is 20.3 Å². The van der Waals surface area contributed by atoms with Gasteiger partial charge in [-0.25, -0.2) is 10.1 Å². The summed E-state index contributed by atoms with van der Waals surface area (Å²) in [5.41, 5.74) is 2.07. The molecule has 0 saturated carbocycles. The van der Waals surface area contributed by atoms with Crippen molar-refractivity contribution in [3.8, 4) is 17.0 Å². The van der Waals surface area contributed by atoms with E-state index in [9.17, 15) is 5.11 Å². The lowest BCUT2D eigenvalue weighted by Gasteiger charge is -2.03. The molecule has 0 aliphatic carbocycles. The Morgan fingerprint density at radius 3 is 3.00 bits per heavy atom. The molecule has 4 nitrogen and oxygen atoms in total. The van der Waals surface area contributed by atoms with Crippen LogP contribution >= 0.6 is 11.6 Å². The number of hydrogen-bond donors (Lipinski definition) is 2. The quantitative estimate of drug-likeness (QED) is 0.652. The van der Waals surface area contributed by atoms with Crippen LogP contribution in [0.5, 0.6) is 5.88 Å². The van der Waals surface area contributed by atoms with Crippen molar-refractivity contribution in [1.82, 2.24) is 15.2 Å². The highest BCUT2D eigenvalue weighted by molar-refractivity contribution is 6.32. The molecule has 0 spiro atoms. The van der Waals surface area contributed by atoms with Gasteiger partial charge in [-0.15, -0.1) is 0 Å². The summed E-state index contributed by atoms with van der Waals surface area (Å²) in [7, 11) is 0. The van der Waals surface area contributed by atoms with E-state index in [0.717, 1.165) is 11.3 Å². The first kappa shape index (κ1) is 7.36. The first-order chi connectivity index (χ1) is 5.70. The Morgan fingerprint density at radius 1 is 1.58 bits per heavy atom. The molecular weight excluding hydrogens is 178 g/mol. The van der Waals surface area contributed by atoms with Crippen LogP contribution in [0.25, 0.3) is 11.1 Å². The van der Waals surface area contributed by atoms with Crippen molar-refractivity contribution in [1.29, 1.82) is 0 Å². The molecular formula is C7H6ClN3O. The van der Waals surface area contributed by atoms with Crippen LogP contribution < -0.4 is 0 Å². The maximum atomic E-state index is 9.32. The molecule has 62 valence electrons. The van der Waals surface area contributed by atoms with Crippen LogP contribution in [0.4, 0.5) is 0 Å². The van der Waals surface area contributed by atoms with E-state index in [2.05, 4.69) is 15.2 Å². The van der Waals surface area contributed by atoms with Crippen LogP contribution in [0.2, 0.25) is 5.15 Å². The van der Waals surface area contributed by atoms with Crippen molar-refractivity contribution in [2.45, 2.75) is 6.92 Å². The van der Waals surface area contributed by atoms with Crippen molar-refractivity contribution in [2.24, 2.45) is 0 Å². The largest absolute Gasteiger partial charge is 0.493 e. The number of nitrogens with one attached hydrogen (secondary N) is 1. The van der Waals surface area contributed by atoms with Gasteiger partial charge in [0.15, 0.2) is 0 Å². The number of aromatic nitrogens is 3. The van der Waals surface area contributed by atoms with E-state index < -0.39 is 0 Å². The standard InChI is InChI=1S/C7H6ClN3O/c1-3-4-2-9-6(8)5(4)7(12)11-10-3/h2,11-12H,1H3. The topological polar surface area (TPSA) is 61.8 Å². The van der Waals surface area contributed by atoms with Gasteiger partial charge in [0.25, 0.3) is 0 Å². The number of halogens is 1. The van der Waals surface area contributed by atoms with Crippen LogP contribution in [0.15, 0.2) is 6.20 Å². The molecule has 2 rings (SSSR count). The number of aromatic amines is 1. The maximum Gasteiger partial charge on any atom is 0.216 e. The number of aromatic hydroxyl groups is 1. The third-order valence-electron chi connectivity index (χ3n) is 1.74. The number of aryl methyl sites for hydroxylation is 1. The zero-order chi connectivity index (χ0) is 8.72. The fourth-order valence-corrected chi connectivity index (χ4v) is 1.35. The van der Waals surface area contributed by atoms with Gasteiger partial charge in [-0.1, -0.05) is 11.6 Å². The van der Waals surface area contributed by atoms with E-state index in [0.29, 0.717) is 10.7 Å². The van der Waals surface area contributed by atoms with Gasteiger partial charge in [-0.2, -0.15) is 5.10 Å². The number of hydrogen-bond acceptors (Lipinski definition) is 3. The predicted molar refractivity (Wildman–Crippen MR) is 44.4 cm³/mol. The van der Waals surface area contributed by atoms with E-state index in [1.807, 2.05) is 6.92 Å². The average Bonchev–Trinajstić information content (AvgIpc) is 2.42. The van der Waals surface area contributed by atoms with Crippen molar-refractivity contribution in [3.63, 3.8) is 0 Å². The summed E-state index contributed by atoms with van der Waals surface area (Å²) in [5, 5.41) is 15.9. The van der Waals surface area contributed by atoms with Gasteiger partial charge in [0.1, 0.15) is 5.15 Å². The Bertz CT molecular complexity index is 398. The van der Waals surface area contributed by atoms with E-state index in [1.165, 1.54) is 0 Å². The zero-order valence-corrected chi connectivity index (χ0v) is 7.05. The summed E-state index contributed by atoms with van der Waals surface area (Å²) in [6, 6.07) is 0. The lowest BCUT2D eigenvalue weighted by Crippen LogP contribution is -1.91. The highest BCUT2D eigenvalue weighted by Gasteiger charge is 2.17. The van der Waals surface area contributed by atoms with Gasteiger partial charge >= 0.3 is 0 Å². The summed E-state index contributed by atoms with van der Waals surface area (Å²) in [6.07, 6.45) is 1.59. The van der Waals surface area contributed by atoms with E-state index in [-0.39, 0.29) is 5.88 Å². The third-order valence-corrected chi connectivity index (χ3v) is 2.03. The summed E-state index contributed by atoms with van der Waals surface area (Å²) >= 11 is 5.73. The molecule has 2 heterocycles. The number of nitrogens with zero attached hydrogens (tertiary/aromatic N) is 2. The van der Waals surface area contributed by atoms with Crippen molar-refractivity contribution < 1.29 is 5.11 Å². The number of fused-ring (bicyclic) bond motifs is 1. The molecule has 0 fully saturated rings. The molecule has 0 saturated heterocycles. The van der Waals surface area contributed by atoms with Gasteiger partial charge in [-0.3, -0.25) is 0 Å². The summed E-state index contributed by atoms with van der Waals surface area (Å²) in [5.74, 6) is -0.0434. The van der Waals surface area contributed by atoms with Gasteiger partial charge in [0.2, 0.25) is 5.88 Å². The summed E-state index contributed by atoms with van der Waals surface area (Å²) in [4.78, 5) is 3.86. The minimum absolute atomic E-state index is 0.0434. The van der Waals surface area contributed by atoms with Gasteiger partial charge in [-0.05, 0) is 6.92 Å². The highest BCUT2D eigenvalue weighted by Crippen LogP contribution is 2.36. The minimum atomic E-state index is -0.0434. The Kier molecular flexibility index (Phi) is 1.44. The second kappa shape index (κ2) is 2.35. The Morgan fingerprint density at radius 2 is 2.33 bits per heavy atom. The second-order valence-electron chi connectivity index (χ2n) is 2.50. The smallest absolute Gasteiger partial charge is 0.216 e. The maximum absolute atomic E-state index is 9.32. The molecule has 0 aromatic carbocycles. The van der Waals surface area contributed by atoms with Gasteiger partial charge < -0.3 is 5.11 Å². The summed E-state index contributed by atoms with van der Waals surface area (Å²) in [6.45, 7) is 1.82. The molecule has 0 bridgehead atoms. The molecule has 0 aromatic rings. The molecule has 2 aliphatic heterocycles. The molecule has 0 radical (unpaired) electrons. The van der Waals surface area contributed by atoms with E-state index >= 15 is 0 Å². The molecule has 0 unspecified atom stereocenters. The lowest BCUT2D eigenvalue weighted by molar-refractivity contribution is 0.446. The Labute approximate surface area is 73.5 Å². The van der Waals surface area contributed by atoms with Crippen molar-refractivity contribution in [3.05, 3.63) is 17.0 Å². The number of rotatable bonds is 0. The van der Waals surface area contributed by atoms with E-state index in [1.54, 1.807) is 6.20 Å². The highest BCUT2D eigenvalue weighted by atomic mass is 35.5. The summed E-state index contributed by atoms with van der Waals surface area (Å²) < 4.78 is 0. The molecule has 2 aliphatic rings. The van der Waals surface area contributed by atoms with Crippen LogP contribution in [0.1, 0.15) is 5.69 Å². The van der Waals surface area contributed by atoms with E-state index in [4.69, 9.17) is 11.6 Å². The number of H-pyrrole nitrogens is 1. The van der Waals surface area contributed by atoms with Crippen LogP contribution in [-0.2, 0) is 0 Å². The fourth-order valence-electron chi connectivity index (χ4n) is 1.11. The van der Waals surface area contributed by atoms with Gasteiger partial charge in [0, 0.05) is 11.8 Å². The first-order valence-corrected chi connectivity index (χ1v) is 3.76. The Hall–Kier alpha value is -1.29.